The van der Waals surface area contributed by atoms with Crippen LogP contribution in [0.3, 0.4) is 0 Å². The molecule has 1 aliphatic rings. The molecule has 0 bridgehead atoms. The summed E-state index contributed by atoms with van der Waals surface area (Å²) in [5.41, 5.74) is 1.79. The van der Waals surface area contributed by atoms with Crippen LogP contribution >= 0.6 is 0 Å². The van der Waals surface area contributed by atoms with Gasteiger partial charge >= 0.3 is 0 Å². The lowest BCUT2D eigenvalue weighted by Crippen LogP contribution is -2.35. The van der Waals surface area contributed by atoms with E-state index in [9.17, 15) is 9.59 Å². The van der Waals surface area contributed by atoms with Gasteiger partial charge in [0.15, 0.2) is 0 Å². The zero-order chi connectivity index (χ0) is 20.5. The van der Waals surface area contributed by atoms with E-state index >= 15 is 0 Å². The van der Waals surface area contributed by atoms with Crippen LogP contribution in [0.5, 0.6) is 5.75 Å². The normalized spacial score (nSPS) is 14.7. The highest BCUT2D eigenvalue weighted by Crippen LogP contribution is 2.32. The second-order valence-electron chi connectivity index (χ2n) is 7.52. The Balaban J connectivity index is 1.80. The molecule has 8 nitrogen and oxygen atoms in total. The summed E-state index contributed by atoms with van der Waals surface area (Å²) >= 11 is 0. The van der Waals surface area contributed by atoms with Gasteiger partial charge in [0.05, 0.1) is 19.4 Å². The Bertz CT molecular complexity index is 1100. The largest absolute Gasteiger partial charge is 0.497 e. The molecule has 1 fully saturated rings. The monoisotopic (exact) mass is 396 g/mol. The van der Waals surface area contributed by atoms with Gasteiger partial charge in [-0.25, -0.2) is 4.98 Å². The second-order valence-corrected chi connectivity index (χ2v) is 7.52. The molecule has 1 saturated carbocycles. The van der Waals surface area contributed by atoms with Crippen molar-refractivity contribution < 1.29 is 14.6 Å². The fraction of sp³-hybridized carbons (Fsp3) is 0.381. The highest BCUT2D eigenvalue weighted by atomic mass is 16.5. The first-order valence-corrected chi connectivity index (χ1v) is 9.69. The first-order chi connectivity index (χ1) is 14.0. The maximum atomic E-state index is 13.2. The van der Waals surface area contributed by atoms with Gasteiger partial charge in [0.2, 0.25) is 5.65 Å². The van der Waals surface area contributed by atoms with Gasteiger partial charge < -0.3 is 19.7 Å². The second kappa shape index (κ2) is 7.71. The molecular weight excluding hydrogens is 372 g/mol. The number of nitrogens with one attached hydrogen (secondary N) is 1. The maximum absolute atomic E-state index is 13.2. The summed E-state index contributed by atoms with van der Waals surface area (Å²) in [5.74, 6) is 0.815. The van der Waals surface area contributed by atoms with Crippen molar-refractivity contribution in [2.45, 2.75) is 32.4 Å². The van der Waals surface area contributed by atoms with Crippen molar-refractivity contribution in [2.24, 2.45) is 5.92 Å². The van der Waals surface area contributed by atoms with Crippen LogP contribution in [0.2, 0.25) is 0 Å². The van der Waals surface area contributed by atoms with E-state index in [0.717, 1.165) is 29.8 Å². The minimum atomic E-state index is -0.422. The van der Waals surface area contributed by atoms with E-state index in [1.54, 1.807) is 29.2 Å². The molecule has 1 unspecified atom stereocenters. The Kier molecular flexibility index (Phi) is 5.10. The van der Waals surface area contributed by atoms with Crippen LogP contribution in [-0.2, 0) is 6.54 Å². The highest BCUT2D eigenvalue weighted by Gasteiger charge is 2.25. The zero-order valence-corrected chi connectivity index (χ0v) is 16.5. The Morgan fingerprint density at radius 3 is 2.66 bits per heavy atom. The zero-order valence-electron chi connectivity index (χ0n) is 16.5. The molecule has 0 saturated heterocycles. The van der Waals surface area contributed by atoms with Crippen LogP contribution in [0.4, 0.5) is 0 Å². The number of carbonyl (C=O) groups is 1. The SMILES string of the molecule is COc1ccc(-c2cn3cc(C(=O)NC(C)CO)nc3c(=O)n2CC2CC2)cc1. The number of fused-ring (bicyclic) bond motifs is 1. The quantitative estimate of drug-likeness (QED) is 0.633. The van der Waals surface area contributed by atoms with Crippen molar-refractivity contribution in [3.05, 3.63) is 52.7 Å². The molecule has 0 aliphatic heterocycles. The number of aromatic nitrogens is 3. The van der Waals surface area contributed by atoms with Gasteiger partial charge in [0, 0.05) is 30.5 Å². The molecule has 4 rings (SSSR count). The van der Waals surface area contributed by atoms with Gasteiger partial charge in [-0.15, -0.1) is 0 Å². The molecule has 1 amide bonds. The Hall–Kier alpha value is -3.13. The Morgan fingerprint density at radius 2 is 2.03 bits per heavy atom. The molecule has 2 heterocycles. The third-order valence-electron chi connectivity index (χ3n) is 5.13. The number of rotatable bonds is 7. The summed E-state index contributed by atoms with van der Waals surface area (Å²) in [6.45, 7) is 2.15. The average molecular weight is 396 g/mol. The Morgan fingerprint density at radius 1 is 1.31 bits per heavy atom. The number of methoxy groups -OCH3 is 1. The van der Waals surface area contributed by atoms with Crippen molar-refractivity contribution in [1.82, 2.24) is 19.3 Å². The molecule has 1 atom stereocenters. The van der Waals surface area contributed by atoms with Gasteiger partial charge in [0.1, 0.15) is 11.4 Å². The molecule has 2 N–H and O–H groups in total. The number of imidazole rings is 1. The number of amides is 1. The van der Waals surface area contributed by atoms with Gasteiger partial charge in [-0.05, 0) is 49.9 Å². The van der Waals surface area contributed by atoms with E-state index in [1.165, 1.54) is 0 Å². The molecule has 2 aromatic heterocycles. The fourth-order valence-corrected chi connectivity index (χ4v) is 3.27. The number of nitrogens with zero attached hydrogens (tertiary/aromatic N) is 3. The van der Waals surface area contributed by atoms with Crippen molar-refractivity contribution in [3.8, 4) is 17.0 Å². The van der Waals surface area contributed by atoms with E-state index in [1.807, 2.05) is 30.5 Å². The third kappa shape index (κ3) is 3.88. The number of aliphatic hydroxyl groups excluding tert-OH is 1. The first kappa shape index (κ1) is 19.2. The van der Waals surface area contributed by atoms with Crippen LogP contribution in [0.25, 0.3) is 16.9 Å². The lowest BCUT2D eigenvalue weighted by atomic mass is 10.1. The van der Waals surface area contributed by atoms with E-state index in [4.69, 9.17) is 9.84 Å². The summed E-state index contributed by atoms with van der Waals surface area (Å²) in [6, 6.07) is 7.14. The number of benzene rings is 1. The lowest BCUT2D eigenvalue weighted by Gasteiger charge is -2.14. The number of hydrogen-bond acceptors (Lipinski definition) is 5. The number of hydrogen-bond donors (Lipinski definition) is 2. The van der Waals surface area contributed by atoms with E-state index in [2.05, 4.69) is 10.3 Å². The molecule has 0 spiro atoms. The van der Waals surface area contributed by atoms with Gasteiger partial charge in [-0.2, -0.15) is 0 Å². The van der Waals surface area contributed by atoms with Crippen LogP contribution in [0.15, 0.2) is 41.5 Å². The maximum Gasteiger partial charge on any atom is 0.294 e. The van der Waals surface area contributed by atoms with E-state index < -0.39 is 11.9 Å². The lowest BCUT2D eigenvalue weighted by molar-refractivity contribution is 0.0918. The average Bonchev–Trinajstić information content (AvgIpc) is 3.45. The highest BCUT2D eigenvalue weighted by molar-refractivity contribution is 5.93. The standard InChI is InChI=1S/C21H24N4O4/c1-13(12-26)22-20(27)17-10-24-11-18(15-5-7-16(29-2)8-6-15)25(9-14-3-4-14)21(28)19(24)23-17/h5-8,10-11,13-14,26H,3-4,9,12H2,1-2H3,(H,22,27). The van der Waals surface area contributed by atoms with Crippen molar-refractivity contribution in [1.29, 1.82) is 0 Å². The van der Waals surface area contributed by atoms with Gasteiger partial charge in [-0.3, -0.25) is 14.0 Å². The van der Waals surface area contributed by atoms with E-state index in [0.29, 0.717) is 12.5 Å². The number of ether oxygens (including phenoxy) is 1. The molecule has 1 aliphatic carbocycles. The van der Waals surface area contributed by atoms with Crippen LogP contribution in [-0.4, -0.2) is 44.7 Å². The smallest absolute Gasteiger partial charge is 0.294 e. The minimum absolute atomic E-state index is 0.146. The molecule has 3 aromatic rings. The molecule has 0 radical (unpaired) electrons. The Labute approximate surface area is 167 Å². The van der Waals surface area contributed by atoms with Crippen LogP contribution in [0, 0.1) is 5.92 Å². The minimum Gasteiger partial charge on any atom is -0.497 e. The number of carbonyl (C=O) groups excluding carboxylic acids is 1. The summed E-state index contributed by atoms with van der Waals surface area (Å²) in [7, 11) is 1.61. The van der Waals surface area contributed by atoms with Crippen molar-refractivity contribution in [2.75, 3.05) is 13.7 Å². The molecular formula is C21H24N4O4. The fourth-order valence-electron chi connectivity index (χ4n) is 3.27. The molecule has 29 heavy (non-hydrogen) atoms. The summed E-state index contributed by atoms with van der Waals surface area (Å²) in [6.07, 6.45) is 5.60. The van der Waals surface area contributed by atoms with Crippen LogP contribution < -0.4 is 15.6 Å². The predicted octanol–water partition coefficient (Wildman–Crippen LogP) is 1.69. The van der Waals surface area contributed by atoms with Crippen LogP contribution in [0.1, 0.15) is 30.3 Å². The third-order valence-corrected chi connectivity index (χ3v) is 5.13. The summed E-state index contributed by atoms with van der Waals surface area (Å²) in [4.78, 5) is 29.8. The molecule has 1 aromatic carbocycles. The van der Waals surface area contributed by atoms with Crippen molar-refractivity contribution >= 4 is 11.6 Å². The van der Waals surface area contributed by atoms with Gasteiger partial charge in [-0.1, -0.05) is 0 Å². The molecule has 8 heteroatoms. The van der Waals surface area contributed by atoms with Gasteiger partial charge in [0.25, 0.3) is 11.5 Å². The topological polar surface area (TPSA) is 97.9 Å². The van der Waals surface area contributed by atoms with E-state index in [-0.39, 0.29) is 23.5 Å². The number of aliphatic hydroxyl groups is 1. The predicted molar refractivity (Wildman–Crippen MR) is 108 cm³/mol. The summed E-state index contributed by atoms with van der Waals surface area (Å²) < 4.78 is 8.58. The molecule has 152 valence electrons. The van der Waals surface area contributed by atoms with Crippen molar-refractivity contribution in [3.63, 3.8) is 0 Å². The summed E-state index contributed by atoms with van der Waals surface area (Å²) in [5, 5.41) is 11.8. The first-order valence-electron chi connectivity index (χ1n) is 9.69.